The molecule has 0 radical (unpaired) electrons. The summed E-state index contributed by atoms with van der Waals surface area (Å²) in [6.45, 7) is 5.19. The zero-order chi connectivity index (χ0) is 32.9. The predicted molar refractivity (Wildman–Crippen MR) is 162 cm³/mol. The summed E-state index contributed by atoms with van der Waals surface area (Å²) in [5, 5.41) is 11.7. The Morgan fingerprint density at radius 3 is 1.53 bits per heavy atom. The Labute approximate surface area is 261 Å². The van der Waals surface area contributed by atoms with Gasteiger partial charge >= 0.3 is 17.6 Å². The highest BCUT2D eigenvalue weighted by atomic mass is 16.6. The standard InChI is InChI=1S/C30H41N3O12/c1-38-22-17-20(18-23(39-2)26(22)41-4)29(34)44-15-7-9-31-11-13-32(14-12-31)10-8-16-45-30(35)21-19-24(40-3)27(42-5)28(43-6)25(21)33(36)37/h17-19H,7-16H2,1-6H3. The Morgan fingerprint density at radius 1 is 0.667 bits per heavy atom. The number of hydrogen-bond donors (Lipinski definition) is 0. The van der Waals surface area contributed by atoms with Gasteiger partial charge < -0.3 is 47.7 Å². The van der Waals surface area contributed by atoms with Gasteiger partial charge in [-0.05, 0) is 25.0 Å². The molecule has 0 aromatic heterocycles. The summed E-state index contributed by atoms with van der Waals surface area (Å²) in [5.41, 5.74) is -0.519. The molecule has 2 aromatic rings. The van der Waals surface area contributed by atoms with Crippen LogP contribution < -0.4 is 28.4 Å². The third kappa shape index (κ3) is 8.79. The van der Waals surface area contributed by atoms with Gasteiger partial charge in [0, 0.05) is 45.3 Å². The molecule has 0 unspecified atom stereocenters. The van der Waals surface area contributed by atoms with Crippen molar-refractivity contribution >= 4 is 17.6 Å². The van der Waals surface area contributed by atoms with Crippen LogP contribution in [-0.4, -0.2) is 122 Å². The van der Waals surface area contributed by atoms with E-state index in [-0.39, 0.29) is 36.0 Å². The van der Waals surface area contributed by atoms with Crippen molar-refractivity contribution in [3.8, 4) is 34.5 Å². The molecular formula is C30H41N3O12. The maximum atomic E-state index is 12.8. The fourth-order valence-electron chi connectivity index (χ4n) is 4.98. The minimum absolute atomic E-state index is 0.0130. The van der Waals surface area contributed by atoms with E-state index < -0.39 is 22.5 Å². The second-order valence-corrected chi connectivity index (χ2v) is 9.87. The molecule has 1 aliphatic rings. The molecule has 3 rings (SSSR count). The number of nitro groups is 1. The zero-order valence-electron chi connectivity index (χ0n) is 26.5. The number of esters is 2. The summed E-state index contributed by atoms with van der Waals surface area (Å²) >= 11 is 0. The Balaban J connectivity index is 1.39. The lowest BCUT2D eigenvalue weighted by atomic mass is 10.1. The number of piperazine rings is 1. The lowest BCUT2D eigenvalue weighted by molar-refractivity contribution is -0.386. The topological polar surface area (TPSA) is 158 Å². The zero-order valence-corrected chi connectivity index (χ0v) is 26.5. The number of rotatable bonds is 17. The number of nitrogens with zero attached hydrogens (tertiary/aromatic N) is 3. The Kier molecular flexibility index (Phi) is 13.3. The van der Waals surface area contributed by atoms with E-state index in [1.807, 2.05) is 0 Å². The van der Waals surface area contributed by atoms with Crippen molar-refractivity contribution in [3.63, 3.8) is 0 Å². The van der Waals surface area contributed by atoms with Gasteiger partial charge in [-0.2, -0.15) is 0 Å². The van der Waals surface area contributed by atoms with Gasteiger partial charge in [0.05, 0.1) is 66.4 Å². The van der Waals surface area contributed by atoms with Crippen LogP contribution in [-0.2, 0) is 9.47 Å². The summed E-state index contributed by atoms with van der Waals surface area (Å²) in [6, 6.07) is 4.33. The number of nitro benzene ring substituents is 1. The summed E-state index contributed by atoms with van der Waals surface area (Å²) in [5.74, 6) is -0.260. The van der Waals surface area contributed by atoms with Crippen LogP contribution in [0, 0.1) is 10.1 Å². The number of carbonyl (C=O) groups excluding carboxylic acids is 2. The summed E-state index contributed by atoms with van der Waals surface area (Å²) in [4.78, 5) is 41.0. The normalized spacial score (nSPS) is 13.5. The van der Waals surface area contributed by atoms with Crippen LogP contribution in [0.25, 0.3) is 0 Å². The Morgan fingerprint density at radius 2 is 1.11 bits per heavy atom. The van der Waals surface area contributed by atoms with E-state index >= 15 is 0 Å². The molecule has 15 heteroatoms. The van der Waals surface area contributed by atoms with Gasteiger partial charge in [0.1, 0.15) is 5.56 Å². The highest BCUT2D eigenvalue weighted by Gasteiger charge is 2.33. The molecule has 0 atom stereocenters. The smallest absolute Gasteiger partial charge is 0.345 e. The molecule has 0 amide bonds. The average Bonchev–Trinajstić information content (AvgIpc) is 3.06. The van der Waals surface area contributed by atoms with E-state index in [9.17, 15) is 19.7 Å². The van der Waals surface area contributed by atoms with E-state index in [0.717, 1.165) is 32.7 Å². The Bertz CT molecular complexity index is 1300. The van der Waals surface area contributed by atoms with Crippen molar-refractivity contribution in [1.82, 2.24) is 9.80 Å². The van der Waals surface area contributed by atoms with Crippen molar-refractivity contribution in [2.75, 3.05) is 95.1 Å². The minimum atomic E-state index is -0.850. The van der Waals surface area contributed by atoms with E-state index in [2.05, 4.69) is 9.80 Å². The van der Waals surface area contributed by atoms with Crippen LogP contribution in [0.5, 0.6) is 34.5 Å². The maximum absolute atomic E-state index is 12.8. The van der Waals surface area contributed by atoms with Crippen molar-refractivity contribution in [2.45, 2.75) is 12.8 Å². The molecule has 2 aromatic carbocycles. The molecular weight excluding hydrogens is 594 g/mol. The molecule has 0 saturated carbocycles. The quantitative estimate of drug-likeness (QED) is 0.108. The van der Waals surface area contributed by atoms with Gasteiger partial charge in [-0.1, -0.05) is 0 Å². The largest absolute Gasteiger partial charge is 0.493 e. The minimum Gasteiger partial charge on any atom is -0.493 e. The number of hydrogen-bond acceptors (Lipinski definition) is 14. The molecule has 0 spiro atoms. The third-order valence-electron chi connectivity index (χ3n) is 7.28. The molecule has 248 valence electrons. The molecule has 0 aliphatic carbocycles. The monoisotopic (exact) mass is 635 g/mol. The van der Waals surface area contributed by atoms with Gasteiger partial charge in [-0.3, -0.25) is 10.1 Å². The molecule has 1 aliphatic heterocycles. The van der Waals surface area contributed by atoms with E-state index in [1.165, 1.54) is 48.7 Å². The lowest BCUT2D eigenvalue weighted by Crippen LogP contribution is -2.47. The van der Waals surface area contributed by atoms with Crippen LogP contribution in [0.4, 0.5) is 5.69 Å². The lowest BCUT2D eigenvalue weighted by Gasteiger charge is -2.34. The number of benzene rings is 2. The van der Waals surface area contributed by atoms with Gasteiger partial charge in [0.25, 0.3) is 0 Å². The number of carbonyl (C=O) groups is 2. The van der Waals surface area contributed by atoms with Crippen molar-refractivity contribution < 1.29 is 52.4 Å². The maximum Gasteiger partial charge on any atom is 0.345 e. The third-order valence-corrected chi connectivity index (χ3v) is 7.28. The average molecular weight is 636 g/mol. The predicted octanol–water partition coefficient (Wildman–Crippen LogP) is 3.06. The Hall–Kier alpha value is -4.50. The van der Waals surface area contributed by atoms with Gasteiger partial charge in [-0.25, -0.2) is 9.59 Å². The molecule has 0 bridgehead atoms. The van der Waals surface area contributed by atoms with Crippen LogP contribution in [0.1, 0.15) is 33.6 Å². The first-order valence-corrected chi connectivity index (χ1v) is 14.3. The highest BCUT2D eigenvalue weighted by Crippen LogP contribution is 2.46. The second-order valence-electron chi connectivity index (χ2n) is 9.87. The second kappa shape index (κ2) is 17.1. The first-order valence-electron chi connectivity index (χ1n) is 14.3. The number of ether oxygens (including phenoxy) is 8. The summed E-state index contributed by atoms with van der Waals surface area (Å²) in [6.07, 6.45) is 1.24. The number of methoxy groups -OCH3 is 6. The van der Waals surface area contributed by atoms with Crippen LogP contribution in [0.2, 0.25) is 0 Å². The molecule has 1 fully saturated rings. The fraction of sp³-hybridized carbons (Fsp3) is 0.533. The van der Waals surface area contributed by atoms with Gasteiger partial charge in [0.2, 0.25) is 17.2 Å². The first-order chi connectivity index (χ1) is 21.7. The SMILES string of the molecule is COc1cc(C(=O)OCCCN2CCN(CCCOC(=O)c3cc(OC)c(OC)c(OC)c3[N+](=O)[O-])CC2)cc(OC)c1OC. The molecule has 1 heterocycles. The van der Waals surface area contributed by atoms with Crippen molar-refractivity contribution in [2.24, 2.45) is 0 Å². The van der Waals surface area contributed by atoms with E-state index in [0.29, 0.717) is 42.2 Å². The van der Waals surface area contributed by atoms with Crippen molar-refractivity contribution in [3.05, 3.63) is 39.4 Å². The van der Waals surface area contributed by atoms with Crippen LogP contribution in [0.3, 0.4) is 0 Å². The van der Waals surface area contributed by atoms with Crippen LogP contribution in [0.15, 0.2) is 18.2 Å². The van der Waals surface area contributed by atoms with Gasteiger partial charge in [0.15, 0.2) is 17.2 Å². The van der Waals surface area contributed by atoms with Crippen molar-refractivity contribution in [1.29, 1.82) is 0 Å². The molecule has 1 saturated heterocycles. The fourth-order valence-corrected chi connectivity index (χ4v) is 4.98. The summed E-state index contributed by atoms with van der Waals surface area (Å²) in [7, 11) is 8.37. The molecule has 15 nitrogen and oxygen atoms in total. The highest BCUT2D eigenvalue weighted by molar-refractivity contribution is 5.97. The van der Waals surface area contributed by atoms with E-state index in [4.69, 9.17) is 37.9 Å². The summed E-state index contributed by atoms with van der Waals surface area (Å²) < 4.78 is 42.3. The first kappa shape index (κ1) is 35.0. The van der Waals surface area contributed by atoms with Crippen LogP contribution >= 0.6 is 0 Å². The van der Waals surface area contributed by atoms with Gasteiger partial charge in [-0.15, -0.1) is 0 Å². The molecule has 45 heavy (non-hydrogen) atoms. The molecule has 0 N–H and O–H groups in total. The van der Waals surface area contributed by atoms with E-state index in [1.54, 1.807) is 12.1 Å².